The lowest BCUT2D eigenvalue weighted by molar-refractivity contribution is 1.37. The van der Waals surface area contributed by atoms with Crippen LogP contribution in [0.25, 0.3) is 6.08 Å². The lowest BCUT2D eigenvalue weighted by Gasteiger charge is -2.15. The first-order chi connectivity index (χ1) is 7.36. The van der Waals surface area contributed by atoms with Gasteiger partial charge in [0.2, 0.25) is 0 Å². The summed E-state index contributed by atoms with van der Waals surface area (Å²) in [6.07, 6.45) is 10.2. The number of hydrogen-bond donors (Lipinski definition) is 1. The molecule has 0 amide bonds. The van der Waals surface area contributed by atoms with Crippen molar-refractivity contribution >= 4 is 11.8 Å². The Morgan fingerprint density at radius 3 is 2.93 bits per heavy atom. The third-order valence-electron chi connectivity index (χ3n) is 2.77. The largest absolute Gasteiger partial charge is 0.289 e. The minimum atomic E-state index is 0.628. The van der Waals surface area contributed by atoms with E-state index in [0.29, 0.717) is 5.71 Å². The molecule has 70 valence electrons. The molecule has 1 N–H and O–H groups in total. The molecule has 1 aromatic rings. The van der Waals surface area contributed by atoms with Gasteiger partial charge in [0.1, 0.15) is 11.3 Å². The highest BCUT2D eigenvalue weighted by molar-refractivity contribution is 6.19. The van der Waals surface area contributed by atoms with E-state index in [1.54, 1.807) is 0 Å². The molecule has 15 heavy (non-hydrogen) atoms. The number of allylic oxidation sites excluding steroid dienone is 5. The summed E-state index contributed by atoms with van der Waals surface area (Å²) in [5, 5.41) is 8.13. The van der Waals surface area contributed by atoms with Crippen LogP contribution in [0.2, 0.25) is 0 Å². The summed E-state index contributed by atoms with van der Waals surface area (Å²) in [6.45, 7) is 0. The van der Waals surface area contributed by atoms with E-state index in [1.807, 2.05) is 36.4 Å². The molecule has 0 radical (unpaired) electrons. The van der Waals surface area contributed by atoms with E-state index in [0.717, 1.165) is 22.3 Å². The maximum absolute atomic E-state index is 8.13. The summed E-state index contributed by atoms with van der Waals surface area (Å²) in [5.74, 6) is 0. The van der Waals surface area contributed by atoms with Gasteiger partial charge in [-0.15, -0.1) is 0 Å². The second-order valence-electron chi connectivity index (χ2n) is 3.69. The lowest BCUT2D eigenvalue weighted by atomic mass is 9.83. The lowest BCUT2D eigenvalue weighted by Crippen LogP contribution is -2.13. The molecule has 0 aromatic heterocycles. The van der Waals surface area contributed by atoms with Gasteiger partial charge in [-0.2, -0.15) is 0 Å². The molecule has 0 saturated carbocycles. The van der Waals surface area contributed by atoms with Crippen LogP contribution in [0.4, 0.5) is 0 Å². The van der Waals surface area contributed by atoms with Crippen molar-refractivity contribution in [3.63, 3.8) is 0 Å². The molecule has 3 rings (SSSR count). The number of fused-ring (bicyclic) bond motifs is 2. The van der Waals surface area contributed by atoms with E-state index in [2.05, 4.69) is 18.6 Å². The first-order valence-electron chi connectivity index (χ1n) is 4.98. The van der Waals surface area contributed by atoms with E-state index in [1.165, 1.54) is 0 Å². The molecule has 1 aromatic carbocycles. The van der Waals surface area contributed by atoms with Crippen LogP contribution in [0.15, 0.2) is 53.6 Å². The van der Waals surface area contributed by atoms with Gasteiger partial charge in [0.15, 0.2) is 0 Å². The molecule has 1 nitrogen and oxygen atoms in total. The summed E-state index contributed by atoms with van der Waals surface area (Å²) in [6, 6.07) is 8.05. The fourth-order valence-corrected chi connectivity index (χ4v) is 2.01. The topological polar surface area (TPSA) is 23.9 Å². The fourth-order valence-electron chi connectivity index (χ4n) is 2.01. The van der Waals surface area contributed by atoms with Crippen LogP contribution in [0.5, 0.6) is 0 Å². The number of benzene rings is 1. The Labute approximate surface area is 89.0 Å². The van der Waals surface area contributed by atoms with Gasteiger partial charge in [0.25, 0.3) is 0 Å². The monoisotopic (exact) mass is 192 g/mol. The van der Waals surface area contributed by atoms with Crippen LogP contribution < -0.4 is 0 Å². The summed E-state index contributed by atoms with van der Waals surface area (Å²) in [4.78, 5) is 0. The van der Waals surface area contributed by atoms with Gasteiger partial charge in [0.05, 0.1) is 5.57 Å². The molecular weight excluding hydrogens is 182 g/mol. The first kappa shape index (κ1) is 8.30. The van der Waals surface area contributed by atoms with Gasteiger partial charge in [-0.1, -0.05) is 18.2 Å². The normalized spacial score (nSPS) is 17.2. The SMILES string of the molecule is N=C1C2=CC=C[CH+]C2=Cc2ccccc21. The predicted octanol–water partition coefficient (Wildman–Crippen LogP) is 3.15. The summed E-state index contributed by atoms with van der Waals surface area (Å²) >= 11 is 0. The molecule has 0 heterocycles. The van der Waals surface area contributed by atoms with Gasteiger partial charge in [-0.05, 0) is 6.07 Å². The van der Waals surface area contributed by atoms with Gasteiger partial charge >= 0.3 is 0 Å². The van der Waals surface area contributed by atoms with Crippen molar-refractivity contribution in [2.45, 2.75) is 0 Å². The highest BCUT2D eigenvalue weighted by atomic mass is 14.5. The quantitative estimate of drug-likeness (QED) is 0.610. The number of rotatable bonds is 0. The van der Waals surface area contributed by atoms with E-state index in [-0.39, 0.29) is 0 Å². The maximum Gasteiger partial charge on any atom is 0.114 e. The second kappa shape index (κ2) is 2.99. The average Bonchev–Trinajstić information content (AvgIpc) is 2.30. The first-order valence-corrected chi connectivity index (χ1v) is 4.98. The second-order valence-corrected chi connectivity index (χ2v) is 3.69. The Kier molecular flexibility index (Phi) is 1.65. The zero-order valence-electron chi connectivity index (χ0n) is 8.20. The van der Waals surface area contributed by atoms with Crippen LogP contribution in [0.3, 0.4) is 0 Å². The van der Waals surface area contributed by atoms with E-state index in [9.17, 15) is 0 Å². The molecule has 0 bridgehead atoms. The molecule has 0 saturated heterocycles. The highest BCUT2D eigenvalue weighted by Crippen LogP contribution is 2.31. The van der Waals surface area contributed by atoms with Crippen molar-refractivity contribution < 1.29 is 0 Å². The summed E-state index contributed by atoms with van der Waals surface area (Å²) in [5.41, 5.74) is 4.96. The van der Waals surface area contributed by atoms with Crippen LogP contribution in [-0.4, -0.2) is 5.71 Å². The molecule has 0 aliphatic heterocycles. The third-order valence-corrected chi connectivity index (χ3v) is 2.77. The van der Waals surface area contributed by atoms with Gasteiger partial charge in [0, 0.05) is 41.9 Å². The molecule has 0 spiro atoms. The van der Waals surface area contributed by atoms with Gasteiger partial charge in [-0.25, -0.2) is 0 Å². The summed E-state index contributed by atoms with van der Waals surface area (Å²) in [7, 11) is 0. The van der Waals surface area contributed by atoms with Gasteiger partial charge < -0.3 is 0 Å². The minimum absolute atomic E-state index is 0.628. The van der Waals surface area contributed by atoms with Crippen molar-refractivity contribution in [2.75, 3.05) is 0 Å². The fraction of sp³-hybridized carbons (Fsp3) is 0. The van der Waals surface area contributed by atoms with Crippen LogP contribution in [0.1, 0.15) is 11.1 Å². The zero-order chi connectivity index (χ0) is 10.3. The Morgan fingerprint density at radius 2 is 2.00 bits per heavy atom. The molecular formula is C14H10N+. The molecule has 0 fully saturated rings. The van der Waals surface area contributed by atoms with E-state index < -0.39 is 0 Å². The smallest absolute Gasteiger partial charge is 0.114 e. The van der Waals surface area contributed by atoms with Crippen LogP contribution in [0, 0.1) is 11.8 Å². The van der Waals surface area contributed by atoms with Crippen molar-refractivity contribution in [3.05, 3.63) is 71.2 Å². The van der Waals surface area contributed by atoms with Gasteiger partial charge in [-0.3, -0.25) is 5.41 Å². The Balaban J connectivity index is 2.26. The Bertz CT molecular complexity index is 530. The Morgan fingerprint density at radius 1 is 1.13 bits per heavy atom. The van der Waals surface area contributed by atoms with E-state index in [4.69, 9.17) is 5.41 Å². The number of nitrogens with one attached hydrogen (secondary N) is 1. The third kappa shape index (κ3) is 1.17. The van der Waals surface area contributed by atoms with Crippen molar-refractivity contribution in [1.29, 1.82) is 5.41 Å². The summed E-state index contributed by atoms with van der Waals surface area (Å²) < 4.78 is 0. The molecule has 2 aliphatic carbocycles. The molecule has 0 unspecified atom stereocenters. The number of hydrogen-bond acceptors (Lipinski definition) is 1. The van der Waals surface area contributed by atoms with Crippen molar-refractivity contribution in [3.8, 4) is 0 Å². The molecule has 0 atom stereocenters. The standard InChI is InChI=1S/C14H10N/c15-14-12-7-3-1-5-10(12)9-11-6-2-4-8-13(11)14/h1-9,15H/q+1. The predicted molar refractivity (Wildman–Crippen MR) is 62.8 cm³/mol. The van der Waals surface area contributed by atoms with Crippen LogP contribution in [-0.2, 0) is 0 Å². The molecule has 2 aliphatic rings. The minimum Gasteiger partial charge on any atom is -0.289 e. The van der Waals surface area contributed by atoms with Crippen LogP contribution >= 0.6 is 0 Å². The molecule has 1 heteroatoms. The maximum atomic E-state index is 8.13. The van der Waals surface area contributed by atoms with E-state index >= 15 is 0 Å². The van der Waals surface area contributed by atoms with Crippen molar-refractivity contribution in [2.24, 2.45) is 0 Å². The average molecular weight is 192 g/mol. The highest BCUT2D eigenvalue weighted by Gasteiger charge is 2.26. The zero-order valence-corrected chi connectivity index (χ0v) is 8.20. The Hall–Kier alpha value is -2.02. The van der Waals surface area contributed by atoms with Crippen molar-refractivity contribution in [1.82, 2.24) is 0 Å².